The summed E-state index contributed by atoms with van der Waals surface area (Å²) < 4.78 is 5.44. The third kappa shape index (κ3) is 4.29. The predicted octanol–water partition coefficient (Wildman–Crippen LogP) is 1.37. The highest BCUT2D eigenvalue weighted by Gasteiger charge is 2.32. The van der Waals surface area contributed by atoms with Crippen LogP contribution in [0.4, 0.5) is 0 Å². The smallest absolute Gasteiger partial charge is 0.308 e. The molecule has 5 nitrogen and oxygen atoms in total. The van der Waals surface area contributed by atoms with Crippen molar-refractivity contribution in [2.45, 2.75) is 39.2 Å². The molecule has 1 amide bonds. The summed E-state index contributed by atoms with van der Waals surface area (Å²) in [6.45, 7) is 4.58. The molecule has 0 aromatic carbocycles. The number of hydrogen-bond donors (Lipinski definition) is 1. The van der Waals surface area contributed by atoms with Gasteiger partial charge < -0.3 is 14.7 Å². The fourth-order valence-electron chi connectivity index (χ4n) is 2.21. The van der Waals surface area contributed by atoms with Gasteiger partial charge in [-0.15, -0.1) is 0 Å². The Morgan fingerprint density at radius 2 is 2.06 bits per heavy atom. The monoisotopic (exact) mass is 257 g/mol. The van der Waals surface area contributed by atoms with Crippen molar-refractivity contribution in [2.24, 2.45) is 11.8 Å². The van der Waals surface area contributed by atoms with Crippen molar-refractivity contribution in [3.8, 4) is 0 Å². The van der Waals surface area contributed by atoms with Crippen LogP contribution >= 0.6 is 0 Å². The normalized spacial score (nSPS) is 24.2. The molecule has 0 heterocycles. The Hall–Kier alpha value is -1.10. The Labute approximate surface area is 108 Å². The van der Waals surface area contributed by atoms with Crippen LogP contribution in [0.15, 0.2) is 0 Å². The molecule has 18 heavy (non-hydrogen) atoms. The van der Waals surface area contributed by atoms with Crippen LogP contribution < -0.4 is 0 Å². The van der Waals surface area contributed by atoms with Gasteiger partial charge in [0.15, 0.2) is 0 Å². The summed E-state index contributed by atoms with van der Waals surface area (Å²) in [6, 6.07) is 0. The van der Waals surface area contributed by atoms with E-state index in [2.05, 4.69) is 0 Å². The highest BCUT2D eigenvalue weighted by Crippen LogP contribution is 2.33. The van der Waals surface area contributed by atoms with Gasteiger partial charge in [-0.1, -0.05) is 6.92 Å². The first-order valence-electron chi connectivity index (χ1n) is 6.52. The van der Waals surface area contributed by atoms with Crippen LogP contribution in [0, 0.1) is 11.8 Å². The van der Waals surface area contributed by atoms with Crippen LogP contribution in [-0.2, 0) is 14.3 Å². The minimum atomic E-state index is -0.866. The number of amides is 1. The number of rotatable bonds is 7. The van der Waals surface area contributed by atoms with E-state index in [0.29, 0.717) is 18.4 Å². The van der Waals surface area contributed by atoms with E-state index in [-0.39, 0.29) is 12.5 Å². The summed E-state index contributed by atoms with van der Waals surface area (Å²) in [6.07, 6.45) is 2.71. The van der Waals surface area contributed by atoms with Gasteiger partial charge in [0.25, 0.3) is 0 Å². The van der Waals surface area contributed by atoms with Gasteiger partial charge in [0.1, 0.15) is 0 Å². The van der Waals surface area contributed by atoms with Gasteiger partial charge >= 0.3 is 5.97 Å². The molecule has 0 aromatic rings. The predicted molar refractivity (Wildman–Crippen MR) is 67.2 cm³/mol. The van der Waals surface area contributed by atoms with E-state index in [1.807, 2.05) is 6.92 Å². The summed E-state index contributed by atoms with van der Waals surface area (Å²) in [5, 5.41) is 8.79. The molecule has 0 bridgehead atoms. The molecule has 0 radical (unpaired) electrons. The zero-order valence-electron chi connectivity index (χ0n) is 11.4. The van der Waals surface area contributed by atoms with Gasteiger partial charge in [-0.05, 0) is 25.7 Å². The van der Waals surface area contributed by atoms with Crippen molar-refractivity contribution in [2.75, 3.05) is 20.2 Å². The number of hydrogen-bond acceptors (Lipinski definition) is 3. The Bertz CT molecular complexity index is 299. The van der Waals surface area contributed by atoms with Crippen LogP contribution in [0.5, 0.6) is 0 Å². The standard InChI is InChI=1S/C13H23NO4/c1-4-18-11-5-10(6-11)7-12(15)14(3)8-9(2)13(16)17/h9-11H,4-8H2,1-3H3,(H,16,17). The third-order valence-corrected chi connectivity index (χ3v) is 3.45. The number of aliphatic carboxylic acids is 1. The molecular weight excluding hydrogens is 234 g/mol. The maximum Gasteiger partial charge on any atom is 0.308 e. The Morgan fingerprint density at radius 1 is 1.44 bits per heavy atom. The lowest BCUT2D eigenvalue weighted by Crippen LogP contribution is -2.38. The zero-order valence-corrected chi connectivity index (χ0v) is 11.4. The number of ether oxygens (including phenoxy) is 1. The maximum absolute atomic E-state index is 11.9. The quantitative estimate of drug-likeness (QED) is 0.748. The van der Waals surface area contributed by atoms with E-state index in [9.17, 15) is 9.59 Å². The SMILES string of the molecule is CCOC1CC(CC(=O)N(C)CC(C)C(=O)O)C1. The Kier molecular flexibility index (Phi) is 5.59. The molecule has 0 saturated heterocycles. The van der Waals surface area contributed by atoms with Crippen LogP contribution in [0.2, 0.25) is 0 Å². The first-order chi connectivity index (χ1) is 8.43. The molecule has 1 unspecified atom stereocenters. The molecule has 104 valence electrons. The molecule has 1 atom stereocenters. The zero-order chi connectivity index (χ0) is 13.7. The van der Waals surface area contributed by atoms with E-state index in [1.165, 1.54) is 4.90 Å². The molecule has 1 fully saturated rings. The topological polar surface area (TPSA) is 66.8 Å². The van der Waals surface area contributed by atoms with Crippen molar-refractivity contribution in [1.29, 1.82) is 0 Å². The van der Waals surface area contributed by atoms with Crippen molar-refractivity contribution in [3.63, 3.8) is 0 Å². The summed E-state index contributed by atoms with van der Waals surface area (Å²) in [7, 11) is 1.67. The number of carboxylic acid groups (broad SMARTS) is 1. The Balaban J connectivity index is 2.23. The minimum absolute atomic E-state index is 0.0306. The Morgan fingerprint density at radius 3 is 2.56 bits per heavy atom. The molecule has 1 rings (SSSR count). The fourth-order valence-corrected chi connectivity index (χ4v) is 2.21. The average Bonchev–Trinajstić information content (AvgIpc) is 2.25. The van der Waals surface area contributed by atoms with Crippen LogP contribution in [0.1, 0.15) is 33.1 Å². The number of carbonyl (C=O) groups excluding carboxylic acids is 1. The van der Waals surface area contributed by atoms with Gasteiger partial charge in [0.05, 0.1) is 12.0 Å². The first kappa shape index (κ1) is 15.0. The van der Waals surface area contributed by atoms with Crippen LogP contribution in [0.3, 0.4) is 0 Å². The molecule has 0 aromatic heterocycles. The van der Waals surface area contributed by atoms with Gasteiger partial charge in [0, 0.05) is 26.6 Å². The van der Waals surface area contributed by atoms with Gasteiger partial charge in [-0.2, -0.15) is 0 Å². The summed E-state index contributed by atoms with van der Waals surface area (Å²) in [5.41, 5.74) is 0. The molecule has 1 saturated carbocycles. The molecule has 5 heteroatoms. The second-order valence-electron chi connectivity index (χ2n) is 5.13. The molecule has 1 aliphatic rings. The number of nitrogens with zero attached hydrogens (tertiary/aromatic N) is 1. The molecule has 1 N–H and O–H groups in total. The minimum Gasteiger partial charge on any atom is -0.481 e. The van der Waals surface area contributed by atoms with Gasteiger partial charge in [-0.25, -0.2) is 0 Å². The second-order valence-corrected chi connectivity index (χ2v) is 5.13. The van der Waals surface area contributed by atoms with Crippen molar-refractivity contribution < 1.29 is 19.4 Å². The van der Waals surface area contributed by atoms with Gasteiger partial charge in [-0.3, -0.25) is 9.59 Å². The van der Waals surface area contributed by atoms with Crippen LogP contribution in [0.25, 0.3) is 0 Å². The first-order valence-corrected chi connectivity index (χ1v) is 6.52. The van der Waals surface area contributed by atoms with E-state index in [0.717, 1.165) is 19.4 Å². The van der Waals surface area contributed by atoms with Gasteiger partial charge in [0.2, 0.25) is 5.91 Å². The van der Waals surface area contributed by atoms with Crippen molar-refractivity contribution in [1.82, 2.24) is 4.90 Å². The lowest BCUT2D eigenvalue weighted by atomic mass is 9.79. The summed E-state index contributed by atoms with van der Waals surface area (Å²) >= 11 is 0. The highest BCUT2D eigenvalue weighted by molar-refractivity contribution is 5.77. The molecule has 0 spiro atoms. The highest BCUT2D eigenvalue weighted by atomic mass is 16.5. The van der Waals surface area contributed by atoms with Crippen molar-refractivity contribution >= 4 is 11.9 Å². The number of carboxylic acids is 1. The molecule has 1 aliphatic carbocycles. The molecule has 0 aliphatic heterocycles. The van der Waals surface area contributed by atoms with E-state index in [4.69, 9.17) is 9.84 Å². The fraction of sp³-hybridized carbons (Fsp3) is 0.846. The maximum atomic E-state index is 11.9. The van der Waals surface area contributed by atoms with E-state index >= 15 is 0 Å². The number of carbonyl (C=O) groups is 2. The lowest BCUT2D eigenvalue weighted by molar-refractivity contribution is -0.143. The lowest BCUT2D eigenvalue weighted by Gasteiger charge is -2.35. The van der Waals surface area contributed by atoms with Crippen LogP contribution in [-0.4, -0.2) is 48.2 Å². The summed E-state index contributed by atoms with van der Waals surface area (Å²) in [4.78, 5) is 24.1. The molecular formula is C13H23NO4. The largest absolute Gasteiger partial charge is 0.481 e. The summed E-state index contributed by atoms with van der Waals surface area (Å²) in [5.74, 6) is -0.953. The second kappa shape index (κ2) is 6.73. The van der Waals surface area contributed by atoms with E-state index < -0.39 is 11.9 Å². The third-order valence-electron chi connectivity index (χ3n) is 3.45. The average molecular weight is 257 g/mol. The van der Waals surface area contributed by atoms with E-state index in [1.54, 1.807) is 14.0 Å². The van der Waals surface area contributed by atoms with Crippen molar-refractivity contribution in [3.05, 3.63) is 0 Å².